The lowest BCUT2D eigenvalue weighted by Gasteiger charge is -2.11. The maximum absolute atomic E-state index is 5.27. The third-order valence-electron chi connectivity index (χ3n) is 8.33. The third-order valence-corrected chi connectivity index (χ3v) is 10.6. The summed E-state index contributed by atoms with van der Waals surface area (Å²) in [6.07, 6.45) is 0. The molecular formula is C40H24N2S2. The van der Waals surface area contributed by atoms with Gasteiger partial charge in [-0.1, -0.05) is 109 Å². The maximum Gasteiger partial charge on any atom is 0.161 e. The molecule has 0 fully saturated rings. The van der Waals surface area contributed by atoms with Gasteiger partial charge in [0.2, 0.25) is 0 Å². The average molecular weight is 597 g/mol. The van der Waals surface area contributed by atoms with Gasteiger partial charge in [0, 0.05) is 57.0 Å². The van der Waals surface area contributed by atoms with E-state index in [0.29, 0.717) is 0 Å². The molecule has 9 rings (SSSR count). The van der Waals surface area contributed by atoms with Gasteiger partial charge in [-0.2, -0.15) is 0 Å². The third kappa shape index (κ3) is 4.22. The second-order valence-electron chi connectivity index (χ2n) is 11.0. The average Bonchev–Trinajstić information content (AvgIpc) is 3.67. The summed E-state index contributed by atoms with van der Waals surface area (Å²) in [5.41, 5.74) is 7.45. The Morgan fingerprint density at radius 3 is 1.75 bits per heavy atom. The van der Waals surface area contributed by atoms with E-state index in [2.05, 4.69) is 146 Å². The van der Waals surface area contributed by atoms with Crippen LogP contribution in [0.1, 0.15) is 0 Å². The Morgan fingerprint density at radius 2 is 0.932 bits per heavy atom. The molecule has 9 aromatic rings. The Bertz CT molecular complexity index is 2490. The number of benzene rings is 6. The minimum atomic E-state index is 0.745. The number of hydrogen-bond donors (Lipinski definition) is 0. The quantitative estimate of drug-likeness (QED) is 0.202. The lowest BCUT2D eigenvalue weighted by molar-refractivity contribution is 1.19. The first kappa shape index (κ1) is 25.3. The van der Waals surface area contributed by atoms with Gasteiger partial charge in [-0.3, -0.25) is 0 Å². The van der Waals surface area contributed by atoms with Crippen LogP contribution in [-0.2, 0) is 0 Å². The second-order valence-corrected chi connectivity index (χ2v) is 13.2. The van der Waals surface area contributed by atoms with Crippen LogP contribution in [-0.4, -0.2) is 9.97 Å². The number of rotatable bonds is 4. The summed E-state index contributed by atoms with van der Waals surface area (Å²) in [4.78, 5) is 10.5. The number of hydrogen-bond acceptors (Lipinski definition) is 4. The molecular weight excluding hydrogens is 573 g/mol. The van der Waals surface area contributed by atoms with Crippen molar-refractivity contribution in [2.24, 2.45) is 0 Å². The van der Waals surface area contributed by atoms with E-state index in [4.69, 9.17) is 9.97 Å². The number of fused-ring (bicyclic) bond motifs is 6. The number of aromatic nitrogens is 2. The second kappa shape index (κ2) is 10.2. The molecule has 0 aliphatic rings. The van der Waals surface area contributed by atoms with Gasteiger partial charge in [-0.05, 0) is 47.5 Å². The lowest BCUT2D eigenvalue weighted by Crippen LogP contribution is -1.96. The summed E-state index contributed by atoms with van der Waals surface area (Å²) in [5.74, 6) is 0.745. The molecule has 3 heterocycles. The van der Waals surface area contributed by atoms with Gasteiger partial charge >= 0.3 is 0 Å². The van der Waals surface area contributed by atoms with Gasteiger partial charge in [-0.25, -0.2) is 9.97 Å². The molecule has 0 aliphatic heterocycles. The van der Waals surface area contributed by atoms with Gasteiger partial charge in [0.1, 0.15) is 0 Å². The molecule has 0 spiro atoms. The summed E-state index contributed by atoms with van der Waals surface area (Å²) in [6, 6.07) is 51.8. The fraction of sp³-hybridized carbons (Fsp3) is 0. The van der Waals surface area contributed by atoms with Crippen LogP contribution in [0.5, 0.6) is 0 Å². The van der Waals surface area contributed by atoms with Crippen LogP contribution in [0.4, 0.5) is 0 Å². The summed E-state index contributed by atoms with van der Waals surface area (Å²) in [7, 11) is 0. The number of nitrogens with zero attached hydrogens (tertiary/aromatic N) is 2. The molecule has 0 bridgehead atoms. The van der Waals surface area contributed by atoms with Crippen molar-refractivity contribution < 1.29 is 0 Å². The van der Waals surface area contributed by atoms with E-state index in [1.54, 1.807) is 0 Å². The molecule has 4 heteroatoms. The zero-order valence-electron chi connectivity index (χ0n) is 23.6. The fourth-order valence-electron chi connectivity index (χ4n) is 6.17. The van der Waals surface area contributed by atoms with Gasteiger partial charge in [0.25, 0.3) is 0 Å². The van der Waals surface area contributed by atoms with Gasteiger partial charge in [0.05, 0.1) is 11.4 Å². The molecule has 6 aromatic carbocycles. The Kier molecular flexibility index (Phi) is 5.90. The van der Waals surface area contributed by atoms with Crippen LogP contribution in [0, 0.1) is 0 Å². The summed E-state index contributed by atoms with van der Waals surface area (Å²) >= 11 is 3.66. The van der Waals surface area contributed by atoms with Crippen molar-refractivity contribution in [2.75, 3.05) is 0 Å². The monoisotopic (exact) mass is 596 g/mol. The topological polar surface area (TPSA) is 25.8 Å². The van der Waals surface area contributed by atoms with E-state index in [1.807, 2.05) is 22.7 Å². The van der Waals surface area contributed by atoms with Crippen molar-refractivity contribution in [1.29, 1.82) is 0 Å². The molecule has 0 unspecified atom stereocenters. The molecule has 0 saturated heterocycles. The summed E-state index contributed by atoms with van der Waals surface area (Å²) in [5, 5.41) is 5.02. The Morgan fingerprint density at radius 1 is 0.364 bits per heavy atom. The molecule has 0 radical (unpaired) electrons. The SMILES string of the molecule is c1ccc(-c2ccc(-c3cc(-c4ccc5sc6ccccc6c5c4)nc(-c4cccc5sc6ccccc6c45)n3)cc2)cc1. The number of thiophene rings is 2. The highest BCUT2D eigenvalue weighted by atomic mass is 32.1. The zero-order chi connectivity index (χ0) is 29.0. The van der Waals surface area contributed by atoms with E-state index in [0.717, 1.165) is 33.9 Å². The van der Waals surface area contributed by atoms with Crippen molar-refractivity contribution in [1.82, 2.24) is 9.97 Å². The zero-order valence-corrected chi connectivity index (χ0v) is 25.2. The molecule has 0 atom stereocenters. The highest BCUT2D eigenvalue weighted by Gasteiger charge is 2.17. The molecule has 44 heavy (non-hydrogen) atoms. The van der Waals surface area contributed by atoms with Crippen molar-refractivity contribution >= 4 is 63.0 Å². The summed E-state index contributed by atoms with van der Waals surface area (Å²) < 4.78 is 5.11. The van der Waals surface area contributed by atoms with Crippen molar-refractivity contribution in [3.8, 4) is 45.0 Å². The first-order chi connectivity index (χ1) is 21.8. The predicted molar refractivity (Wildman–Crippen MR) is 190 cm³/mol. The van der Waals surface area contributed by atoms with E-state index < -0.39 is 0 Å². The van der Waals surface area contributed by atoms with Crippen LogP contribution in [0.25, 0.3) is 85.4 Å². The van der Waals surface area contributed by atoms with Crippen LogP contribution in [0.15, 0.2) is 146 Å². The van der Waals surface area contributed by atoms with Gasteiger partial charge in [0.15, 0.2) is 5.82 Å². The maximum atomic E-state index is 5.27. The standard InChI is InChI=1S/C40H24N2S2/c1-2-9-25(10-3-1)26-17-19-27(20-18-26)33-24-34(28-21-22-37-32(23-28)29-11-4-6-14-35(29)43-37)42-40(41-33)31-13-8-16-38-39(31)30-12-5-7-15-36(30)44-38/h1-24H. The van der Waals surface area contributed by atoms with E-state index in [-0.39, 0.29) is 0 Å². The Labute approximate surface area is 262 Å². The largest absolute Gasteiger partial charge is 0.228 e. The first-order valence-corrected chi connectivity index (χ1v) is 16.3. The van der Waals surface area contributed by atoms with E-state index in [1.165, 1.54) is 51.5 Å². The smallest absolute Gasteiger partial charge is 0.161 e. The minimum Gasteiger partial charge on any atom is -0.228 e. The van der Waals surface area contributed by atoms with Gasteiger partial charge < -0.3 is 0 Å². The van der Waals surface area contributed by atoms with Crippen LogP contribution >= 0.6 is 22.7 Å². The van der Waals surface area contributed by atoms with E-state index in [9.17, 15) is 0 Å². The Balaban J connectivity index is 1.26. The molecule has 206 valence electrons. The predicted octanol–water partition coefficient (Wildman–Crippen LogP) is 11.9. The van der Waals surface area contributed by atoms with Crippen LogP contribution in [0.3, 0.4) is 0 Å². The molecule has 0 amide bonds. The van der Waals surface area contributed by atoms with Gasteiger partial charge in [-0.15, -0.1) is 22.7 Å². The van der Waals surface area contributed by atoms with Crippen LogP contribution < -0.4 is 0 Å². The fourth-order valence-corrected chi connectivity index (χ4v) is 8.39. The first-order valence-electron chi connectivity index (χ1n) is 14.7. The van der Waals surface area contributed by atoms with Crippen LogP contribution in [0.2, 0.25) is 0 Å². The lowest BCUT2D eigenvalue weighted by atomic mass is 10.0. The van der Waals surface area contributed by atoms with Crippen molar-refractivity contribution in [2.45, 2.75) is 0 Å². The minimum absolute atomic E-state index is 0.745. The van der Waals surface area contributed by atoms with Crippen molar-refractivity contribution in [3.05, 3.63) is 146 Å². The molecule has 0 aliphatic carbocycles. The molecule has 2 nitrogen and oxygen atoms in total. The van der Waals surface area contributed by atoms with Crippen molar-refractivity contribution in [3.63, 3.8) is 0 Å². The molecule has 0 saturated carbocycles. The van der Waals surface area contributed by atoms with E-state index >= 15 is 0 Å². The molecule has 3 aromatic heterocycles. The summed E-state index contributed by atoms with van der Waals surface area (Å²) in [6.45, 7) is 0. The normalized spacial score (nSPS) is 11.6. The highest BCUT2D eigenvalue weighted by Crippen LogP contribution is 2.41. The Hall–Kier alpha value is -5.16. The highest BCUT2D eigenvalue weighted by molar-refractivity contribution is 7.26. The molecule has 0 N–H and O–H groups in total.